The third-order valence-electron chi connectivity index (χ3n) is 4.38. The van der Waals surface area contributed by atoms with E-state index in [2.05, 4.69) is 37.5 Å². The van der Waals surface area contributed by atoms with E-state index in [4.69, 9.17) is 15.3 Å². The van der Waals surface area contributed by atoms with E-state index in [1.54, 1.807) is 0 Å². The van der Waals surface area contributed by atoms with Gasteiger partial charge in [-0.1, -0.05) is 32.0 Å². The summed E-state index contributed by atoms with van der Waals surface area (Å²) in [5, 5.41) is 0. The van der Waals surface area contributed by atoms with Gasteiger partial charge in [0.05, 0.1) is 18.2 Å². The molecule has 112 valence electrons. The van der Waals surface area contributed by atoms with E-state index < -0.39 is 0 Å². The van der Waals surface area contributed by atoms with E-state index in [1.165, 1.54) is 5.56 Å². The number of ether oxygens (including phenoxy) is 2. The lowest BCUT2D eigenvalue weighted by Crippen LogP contribution is -2.48. The van der Waals surface area contributed by atoms with Gasteiger partial charge in [0.25, 0.3) is 0 Å². The van der Waals surface area contributed by atoms with Gasteiger partial charge in [-0.15, -0.1) is 0 Å². The van der Waals surface area contributed by atoms with E-state index in [1.807, 2.05) is 6.92 Å². The second-order valence-electron chi connectivity index (χ2n) is 5.24. The summed E-state index contributed by atoms with van der Waals surface area (Å²) in [6.07, 6.45) is 2.77. The molecule has 1 aromatic carbocycles. The van der Waals surface area contributed by atoms with Crippen LogP contribution in [0.1, 0.15) is 50.8 Å². The Kier molecular flexibility index (Phi) is 5.02. The van der Waals surface area contributed by atoms with Crippen molar-refractivity contribution in [2.45, 2.75) is 51.7 Å². The Balaban J connectivity index is 2.43. The SMILES string of the molecule is CCOC(CC)(CC)C(NN)c1cccc2c1OCC2. The average Bonchev–Trinajstić information content (AvgIpc) is 2.96. The number of hydrazine groups is 1. The Labute approximate surface area is 121 Å². The van der Waals surface area contributed by atoms with Crippen LogP contribution in [0.3, 0.4) is 0 Å². The van der Waals surface area contributed by atoms with Crippen LogP contribution < -0.4 is 16.0 Å². The molecule has 4 nitrogen and oxygen atoms in total. The minimum absolute atomic E-state index is 0.0644. The number of hydrogen-bond donors (Lipinski definition) is 2. The summed E-state index contributed by atoms with van der Waals surface area (Å²) in [4.78, 5) is 0. The molecule has 0 aromatic heterocycles. The number of nitrogens with two attached hydrogens (primary N) is 1. The van der Waals surface area contributed by atoms with Crippen LogP contribution in [0.4, 0.5) is 0 Å². The van der Waals surface area contributed by atoms with E-state index >= 15 is 0 Å². The molecule has 0 radical (unpaired) electrons. The highest BCUT2D eigenvalue weighted by Crippen LogP contribution is 2.41. The molecule has 2 rings (SSSR count). The highest BCUT2D eigenvalue weighted by molar-refractivity contribution is 5.46. The summed E-state index contributed by atoms with van der Waals surface area (Å²) in [7, 11) is 0. The van der Waals surface area contributed by atoms with Gasteiger partial charge in [0, 0.05) is 18.6 Å². The van der Waals surface area contributed by atoms with Crippen LogP contribution in [-0.2, 0) is 11.2 Å². The van der Waals surface area contributed by atoms with Gasteiger partial charge in [0.2, 0.25) is 0 Å². The van der Waals surface area contributed by atoms with Crippen molar-refractivity contribution < 1.29 is 9.47 Å². The first kappa shape index (κ1) is 15.3. The standard InChI is InChI=1S/C16H26N2O2/c1-4-16(5-2,20-6-3)15(18-17)13-9-7-8-12-10-11-19-14(12)13/h7-9,15,18H,4-6,10-11,17H2,1-3H3. The molecule has 3 N–H and O–H groups in total. The predicted molar refractivity (Wildman–Crippen MR) is 80.6 cm³/mol. The number of rotatable bonds is 7. The van der Waals surface area contributed by atoms with Gasteiger partial charge in [-0.05, 0) is 25.3 Å². The first-order chi connectivity index (χ1) is 9.72. The average molecular weight is 278 g/mol. The Morgan fingerprint density at radius 2 is 2.10 bits per heavy atom. The molecular weight excluding hydrogens is 252 g/mol. The van der Waals surface area contributed by atoms with Gasteiger partial charge >= 0.3 is 0 Å². The first-order valence-corrected chi connectivity index (χ1v) is 7.57. The molecule has 1 atom stereocenters. The second kappa shape index (κ2) is 6.57. The van der Waals surface area contributed by atoms with Crippen molar-refractivity contribution >= 4 is 0 Å². The molecule has 0 fully saturated rings. The van der Waals surface area contributed by atoms with E-state index in [9.17, 15) is 0 Å². The summed E-state index contributed by atoms with van der Waals surface area (Å²) < 4.78 is 11.9. The zero-order valence-corrected chi connectivity index (χ0v) is 12.7. The maximum Gasteiger partial charge on any atom is 0.127 e. The molecular formula is C16H26N2O2. The highest BCUT2D eigenvalue weighted by Gasteiger charge is 2.39. The maximum absolute atomic E-state index is 6.10. The van der Waals surface area contributed by atoms with Crippen molar-refractivity contribution in [2.24, 2.45) is 5.84 Å². The van der Waals surface area contributed by atoms with Gasteiger partial charge in [-0.25, -0.2) is 5.43 Å². The number of fused-ring (bicyclic) bond motifs is 1. The van der Waals surface area contributed by atoms with Crippen molar-refractivity contribution in [3.05, 3.63) is 29.3 Å². The number of nitrogens with one attached hydrogen (secondary N) is 1. The van der Waals surface area contributed by atoms with Gasteiger partial charge < -0.3 is 9.47 Å². The lowest BCUT2D eigenvalue weighted by atomic mass is 9.83. The topological polar surface area (TPSA) is 56.5 Å². The van der Waals surface area contributed by atoms with Crippen LogP contribution in [0.15, 0.2) is 18.2 Å². The van der Waals surface area contributed by atoms with Crippen LogP contribution in [0, 0.1) is 0 Å². The van der Waals surface area contributed by atoms with E-state index in [0.29, 0.717) is 6.61 Å². The predicted octanol–water partition coefficient (Wildman–Crippen LogP) is 2.72. The zero-order valence-electron chi connectivity index (χ0n) is 12.7. The molecule has 1 unspecified atom stereocenters. The molecule has 0 bridgehead atoms. The van der Waals surface area contributed by atoms with E-state index in [-0.39, 0.29) is 11.6 Å². The lowest BCUT2D eigenvalue weighted by Gasteiger charge is -2.39. The summed E-state index contributed by atoms with van der Waals surface area (Å²) in [6, 6.07) is 6.23. The third kappa shape index (κ3) is 2.55. The molecule has 0 amide bonds. The smallest absolute Gasteiger partial charge is 0.127 e. The monoisotopic (exact) mass is 278 g/mol. The Morgan fingerprint density at radius 3 is 2.70 bits per heavy atom. The molecule has 1 heterocycles. The summed E-state index contributed by atoms with van der Waals surface area (Å²) in [5.41, 5.74) is 5.04. The van der Waals surface area contributed by atoms with Crippen molar-refractivity contribution in [1.82, 2.24) is 5.43 Å². The van der Waals surface area contributed by atoms with E-state index in [0.717, 1.165) is 37.2 Å². The second-order valence-corrected chi connectivity index (χ2v) is 5.24. The fraction of sp³-hybridized carbons (Fsp3) is 0.625. The van der Waals surface area contributed by atoms with Crippen LogP contribution in [0.5, 0.6) is 5.75 Å². The largest absolute Gasteiger partial charge is 0.493 e. The summed E-state index contributed by atoms with van der Waals surface area (Å²) in [6.45, 7) is 7.75. The normalized spacial score (nSPS) is 15.8. The van der Waals surface area contributed by atoms with Crippen molar-refractivity contribution in [3.8, 4) is 5.75 Å². The highest BCUT2D eigenvalue weighted by atomic mass is 16.5. The molecule has 4 heteroatoms. The van der Waals surface area contributed by atoms with Crippen LogP contribution in [0.2, 0.25) is 0 Å². The van der Waals surface area contributed by atoms with Crippen LogP contribution >= 0.6 is 0 Å². The summed E-state index contributed by atoms with van der Waals surface area (Å²) in [5.74, 6) is 6.87. The number of hydrogen-bond acceptors (Lipinski definition) is 4. The van der Waals surface area contributed by atoms with Crippen molar-refractivity contribution in [2.75, 3.05) is 13.2 Å². The zero-order chi connectivity index (χ0) is 14.6. The fourth-order valence-electron chi connectivity index (χ4n) is 3.23. The number of para-hydroxylation sites is 1. The van der Waals surface area contributed by atoms with Gasteiger partial charge in [0.15, 0.2) is 0 Å². The molecule has 0 saturated carbocycles. The fourth-order valence-corrected chi connectivity index (χ4v) is 3.23. The minimum atomic E-state index is -0.301. The van der Waals surface area contributed by atoms with Crippen molar-refractivity contribution in [3.63, 3.8) is 0 Å². The molecule has 1 aromatic rings. The molecule has 1 aliphatic rings. The maximum atomic E-state index is 6.10. The number of benzene rings is 1. The van der Waals surface area contributed by atoms with Gasteiger partial charge in [0.1, 0.15) is 5.75 Å². The molecule has 1 aliphatic heterocycles. The molecule has 0 saturated heterocycles. The third-order valence-corrected chi connectivity index (χ3v) is 4.38. The van der Waals surface area contributed by atoms with Crippen molar-refractivity contribution in [1.29, 1.82) is 0 Å². The Bertz CT molecular complexity index is 444. The Hall–Kier alpha value is -1.10. The van der Waals surface area contributed by atoms with Gasteiger partial charge in [-0.3, -0.25) is 5.84 Å². The van der Waals surface area contributed by atoms with Crippen LogP contribution in [0.25, 0.3) is 0 Å². The summed E-state index contributed by atoms with van der Waals surface area (Å²) >= 11 is 0. The molecule has 0 spiro atoms. The first-order valence-electron chi connectivity index (χ1n) is 7.57. The molecule has 20 heavy (non-hydrogen) atoms. The van der Waals surface area contributed by atoms with Gasteiger partial charge in [-0.2, -0.15) is 0 Å². The lowest BCUT2D eigenvalue weighted by molar-refractivity contribution is -0.0738. The van der Waals surface area contributed by atoms with Crippen LogP contribution in [-0.4, -0.2) is 18.8 Å². The quantitative estimate of drug-likeness (QED) is 0.595. The Morgan fingerprint density at radius 1 is 1.35 bits per heavy atom. The minimum Gasteiger partial charge on any atom is -0.493 e. The molecule has 0 aliphatic carbocycles.